The van der Waals surface area contributed by atoms with E-state index in [0.29, 0.717) is 0 Å². The average Bonchev–Trinajstić information content (AvgIpc) is 2.61. The smallest absolute Gasteiger partial charge is 0.127 e. The van der Waals surface area contributed by atoms with Crippen LogP contribution in [0.15, 0.2) is 48.8 Å². The van der Waals surface area contributed by atoms with Crippen molar-refractivity contribution in [2.45, 2.75) is 12.8 Å². The number of quaternary nitrogens is 2. The van der Waals surface area contributed by atoms with Crippen molar-refractivity contribution in [3.8, 4) is 0 Å². The maximum Gasteiger partial charge on any atom is 0.127 e. The Balaban J connectivity index is 1.35. The van der Waals surface area contributed by atoms with E-state index in [9.17, 15) is 0 Å². The third kappa shape index (κ3) is 4.61. The fourth-order valence-electron chi connectivity index (χ4n) is 3.16. The Labute approximate surface area is 132 Å². The minimum atomic E-state index is 1.10. The summed E-state index contributed by atoms with van der Waals surface area (Å²) in [7, 11) is 0. The molecule has 4 nitrogen and oxygen atoms in total. The molecule has 0 spiro atoms. The molecule has 22 heavy (non-hydrogen) atoms. The van der Waals surface area contributed by atoms with Gasteiger partial charge in [0.05, 0.1) is 13.1 Å². The van der Waals surface area contributed by atoms with E-state index in [0.717, 1.165) is 12.8 Å². The SMILES string of the molecule is c1ccc(CC[NH+]2CC[NH+](CCc3ccccn3)CC2)nc1. The summed E-state index contributed by atoms with van der Waals surface area (Å²) in [5.74, 6) is 0. The summed E-state index contributed by atoms with van der Waals surface area (Å²) < 4.78 is 0. The van der Waals surface area contributed by atoms with E-state index >= 15 is 0 Å². The highest BCUT2D eigenvalue weighted by Crippen LogP contribution is 1.93. The molecular formula is C18H26N4+2. The van der Waals surface area contributed by atoms with Gasteiger partial charge in [0.1, 0.15) is 26.2 Å². The Morgan fingerprint density at radius 3 is 1.50 bits per heavy atom. The van der Waals surface area contributed by atoms with Gasteiger partial charge < -0.3 is 9.80 Å². The summed E-state index contributed by atoms with van der Waals surface area (Å²) in [6.45, 7) is 7.55. The molecule has 0 bridgehead atoms. The van der Waals surface area contributed by atoms with Gasteiger partial charge in [0.25, 0.3) is 0 Å². The fraction of sp³-hybridized carbons (Fsp3) is 0.444. The van der Waals surface area contributed by atoms with Gasteiger partial charge in [0.2, 0.25) is 0 Å². The summed E-state index contributed by atoms with van der Waals surface area (Å²) in [4.78, 5) is 12.3. The second kappa shape index (κ2) is 8.01. The maximum absolute atomic E-state index is 4.42. The fourth-order valence-corrected chi connectivity index (χ4v) is 3.16. The van der Waals surface area contributed by atoms with E-state index in [1.807, 2.05) is 24.5 Å². The lowest BCUT2D eigenvalue weighted by molar-refractivity contribution is -1.01. The Bertz CT molecular complexity index is 484. The molecule has 116 valence electrons. The van der Waals surface area contributed by atoms with Crippen molar-refractivity contribution in [2.24, 2.45) is 0 Å². The van der Waals surface area contributed by atoms with Crippen molar-refractivity contribution in [3.05, 3.63) is 60.2 Å². The largest absolute Gasteiger partial charge is 0.325 e. The maximum atomic E-state index is 4.42. The Kier molecular flexibility index (Phi) is 5.51. The monoisotopic (exact) mass is 298 g/mol. The summed E-state index contributed by atoms with van der Waals surface area (Å²) in [6.07, 6.45) is 5.98. The first kappa shape index (κ1) is 15.1. The second-order valence-corrected chi connectivity index (χ2v) is 6.14. The zero-order valence-electron chi connectivity index (χ0n) is 13.2. The van der Waals surface area contributed by atoms with Gasteiger partial charge in [-0.1, -0.05) is 12.1 Å². The van der Waals surface area contributed by atoms with Crippen molar-refractivity contribution in [1.29, 1.82) is 0 Å². The van der Waals surface area contributed by atoms with Crippen molar-refractivity contribution >= 4 is 0 Å². The molecule has 4 heteroatoms. The summed E-state index contributed by atoms with van der Waals surface area (Å²) in [5, 5.41) is 0. The van der Waals surface area contributed by atoms with E-state index in [1.165, 1.54) is 50.7 Å². The van der Waals surface area contributed by atoms with E-state index in [2.05, 4.69) is 34.2 Å². The van der Waals surface area contributed by atoms with Gasteiger partial charge in [-0.3, -0.25) is 9.97 Å². The molecule has 1 aliphatic rings. The molecule has 0 saturated carbocycles. The number of nitrogens with zero attached hydrogens (tertiary/aromatic N) is 2. The van der Waals surface area contributed by atoms with Crippen molar-refractivity contribution in [2.75, 3.05) is 39.3 Å². The van der Waals surface area contributed by atoms with Crippen LogP contribution in [0.4, 0.5) is 0 Å². The summed E-state index contributed by atoms with van der Waals surface area (Å²) >= 11 is 0. The molecule has 0 unspecified atom stereocenters. The molecule has 2 N–H and O–H groups in total. The molecule has 0 aromatic carbocycles. The predicted molar refractivity (Wildman–Crippen MR) is 87.0 cm³/mol. The predicted octanol–water partition coefficient (Wildman–Crippen LogP) is -0.955. The molecule has 1 fully saturated rings. The molecule has 0 atom stereocenters. The molecule has 3 heterocycles. The first-order valence-corrected chi connectivity index (χ1v) is 8.37. The van der Waals surface area contributed by atoms with Crippen LogP contribution < -0.4 is 9.80 Å². The van der Waals surface area contributed by atoms with Crippen LogP contribution in [0.2, 0.25) is 0 Å². The molecule has 2 aromatic rings. The van der Waals surface area contributed by atoms with Crippen LogP contribution in [-0.2, 0) is 12.8 Å². The number of nitrogens with one attached hydrogen (secondary N) is 2. The number of hydrogen-bond acceptors (Lipinski definition) is 2. The third-order valence-corrected chi connectivity index (χ3v) is 4.59. The molecule has 3 rings (SSSR count). The van der Waals surface area contributed by atoms with Crippen LogP contribution >= 0.6 is 0 Å². The van der Waals surface area contributed by atoms with Gasteiger partial charge in [-0.05, 0) is 24.3 Å². The average molecular weight is 298 g/mol. The van der Waals surface area contributed by atoms with Crippen molar-refractivity contribution in [3.63, 3.8) is 0 Å². The van der Waals surface area contributed by atoms with E-state index in [4.69, 9.17) is 0 Å². The Hall–Kier alpha value is -1.78. The number of piperazine rings is 1. The zero-order valence-corrected chi connectivity index (χ0v) is 13.2. The summed E-state index contributed by atoms with van der Waals surface area (Å²) in [6, 6.07) is 12.4. The highest BCUT2D eigenvalue weighted by molar-refractivity contribution is 5.03. The molecular weight excluding hydrogens is 272 g/mol. The molecule has 0 aliphatic carbocycles. The Morgan fingerprint density at radius 1 is 0.682 bits per heavy atom. The molecule has 0 radical (unpaired) electrons. The normalized spacial score (nSPS) is 21.6. The van der Waals surface area contributed by atoms with E-state index in [-0.39, 0.29) is 0 Å². The van der Waals surface area contributed by atoms with Crippen LogP contribution in [0.25, 0.3) is 0 Å². The van der Waals surface area contributed by atoms with Crippen LogP contribution in [0.3, 0.4) is 0 Å². The lowest BCUT2D eigenvalue weighted by atomic mass is 10.2. The minimum Gasteiger partial charge on any atom is -0.325 e. The first-order chi connectivity index (χ1) is 10.9. The van der Waals surface area contributed by atoms with Crippen LogP contribution in [0, 0.1) is 0 Å². The van der Waals surface area contributed by atoms with Crippen LogP contribution in [-0.4, -0.2) is 49.2 Å². The number of hydrogen-bond donors (Lipinski definition) is 2. The Morgan fingerprint density at radius 2 is 1.14 bits per heavy atom. The van der Waals surface area contributed by atoms with E-state index < -0.39 is 0 Å². The van der Waals surface area contributed by atoms with E-state index in [1.54, 1.807) is 9.80 Å². The van der Waals surface area contributed by atoms with Crippen LogP contribution in [0.1, 0.15) is 11.4 Å². The standard InChI is InChI=1S/C18H24N4/c1-3-9-19-17(5-1)7-11-21-13-15-22(16-14-21)12-8-18-6-2-4-10-20-18/h1-6,9-10H,7-8,11-16H2/p+2. The second-order valence-electron chi connectivity index (χ2n) is 6.14. The molecule has 1 saturated heterocycles. The molecule has 0 amide bonds. The zero-order chi connectivity index (χ0) is 15.0. The van der Waals surface area contributed by atoms with Gasteiger partial charge in [0, 0.05) is 36.6 Å². The quantitative estimate of drug-likeness (QED) is 0.721. The molecule has 1 aliphatic heterocycles. The van der Waals surface area contributed by atoms with Gasteiger partial charge in [-0.15, -0.1) is 0 Å². The first-order valence-electron chi connectivity index (χ1n) is 8.37. The lowest BCUT2D eigenvalue weighted by Gasteiger charge is -2.29. The topological polar surface area (TPSA) is 34.7 Å². The summed E-state index contributed by atoms with van der Waals surface area (Å²) in [5.41, 5.74) is 2.44. The van der Waals surface area contributed by atoms with Gasteiger partial charge in [-0.2, -0.15) is 0 Å². The van der Waals surface area contributed by atoms with Crippen molar-refractivity contribution in [1.82, 2.24) is 9.97 Å². The number of aromatic nitrogens is 2. The lowest BCUT2D eigenvalue weighted by Crippen LogP contribution is -3.28. The van der Waals surface area contributed by atoms with Crippen molar-refractivity contribution < 1.29 is 9.80 Å². The highest BCUT2D eigenvalue weighted by Gasteiger charge is 2.22. The highest BCUT2D eigenvalue weighted by atomic mass is 15.3. The number of pyridine rings is 2. The van der Waals surface area contributed by atoms with Gasteiger partial charge in [0.15, 0.2) is 0 Å². The minimum absolute atomic E-state index is 1.10. The molecule has 2 aromatic heterocycles. The third-order valence-electron chi connectivity index (χ3n) is 4.59. The number of rotatable bonds is 6. The van der Waals surface area contributed by atoms with Crippen LogP contribution in [0.5, 0.6) is 0 Å². The van der Waals surface area contributed by atoms with Gasteiger partial charge in [-0.25, -0.2) is 0 Å². The van der Waals surface area contributed by atoms with Gasteiger partial charge >= 0.3 is 0 Å².